The van der Waals surface area contributed by atoms with Gasteiger partial charge in [0.25, 0.3) is 0 Å². The van der Waals surface area contributed by atoms with E-state index in [9.17, 15) is 5.11 Å². The largest absolute Gasteiger partial charge is 0.386 e. The Balaban J connectivity index is 2.44. The highest BCUT2D eigenvalue weighted by Crippen LogP contribution is 2.29. The summed E-state index contributed by atoms with van der Waals surface area (Å²) in [6.07, 6.45) is -0.556. The van der Waals surface area contributed by atoms with Crippen molar-refractivity contribution >= 4 is 0 Å². The minimum Gasteiger partial charge on any atom is -0.386 e. The van der Waals surface area contributed by atoms with Crippen LogP contribution in [0.15, 0.2) is 18.2 Å². The summed E-state index contributed by atoms with van der Waals surface area (Å²) >= 11 is 0. The van der Waals surface area contributed by atoms with Crippen molar-refractivity contribution < 1.29 is 9.84 Å². The average Bonchev–Trinajstić information content (AvgIpc) is 2.12. The number of aryl methyl sites for hydroxylation is 1. The molecule has 0 aliphatic carbocycles. The molecule has 0 amide bonds. The van der Waals surface area contributed by atoms with Gasteiger partial charge >= 0.3 is 0 Å². The van der Waals surface area contributed by atoms with Crippen LogP contribution in [-0.4, -0.2) is 11.2 Å². The lowest BCUT2D eigenvalue weighted by Crippen LogP contribution is -2.25. The smallest absolute Gasteiger partial charge is 0.105 e. The molecule has 2 unspecified atom stereocenters. The molecule has 1 aliphatic rings. The van der Waals surface area contributed by atoms with Gasteiger partial charge < -0.3 is 9.84 Å². The minimum atomic E-state index is -0.468. The van der Waals surface area contributed by atoms with Crippen LogP contribution >= 0.6 is 0 Å². The van der Waals surface area contributed by atoms with Gasteiger partial charge in [-0.15, -0.1) is 0 Å². The van der Waals surface area contributed by atoms with Gasteiger partial charge in [0.15, 0.2) is 0 Å². The first-order valence-electron chi connectivity index (χ1n) is 4.57. The van der Waals surface area contributed by atoms with Crippen molar-refractivity contribution in [3.8, 4) is 0 Å². The topological polar surface area (TPSA) is 29.5 Å². The second kappa shape index (κ2) is 3.13. The first-order chi connectivity index (χ1) is 6.18. The molecule has 2 rings (SSSR count). The Hall–Kier alpha value is -0.860. The molecule has 1 aromatic carbocycles. The SMILES string of the molecule is Cc1ccc2c(c1)COC(C)C2O. The van der Waals surface area contributed by atoms with Gasteiger partial charge in [-0.25, -0.2) is 0 Å². The standard InChI is InChI=1S/C11H14O2/c1-7-3-4-10-9(5-7)6-13-8(2)11(10)12/h3-5,8,11-12H,6H2,1-2H3. The van der Waals surface area contributed by atoms with Crippen molar-refractivity contribution in [2.24, 2.45) is 0 Å². The summed E-state index contributed by atoms with van der Waals surface area (Å²) in [7, 11) is 0. The molecule has 0 fully saturated rings. The third-order valence-corrected chi connectivity index (χ3v) is 2.56. The number of benzene rings is 1. The first-order valence-corrected chi connectivity index (χ1v) is 4.57. The first kappa shape index (κ1) is 8.73. The molecule has 0 radical (unpaired) electrons. The van der Waals surface area contributed by atoms with Crippen LogP contribution < -0.4 is 0 Å². The number of rotatable bonds is 0. The molecule has 0 bridgehead atoms. The van der Waals surface area contributed by atoms with Gasteiger partial charge in [0.2, 0.25) is 0 Å². The van der Waals surface area contributed by atoms with E-state index < -0.39 is 6.10 Å². The zero-order chi connectivity index (χ0) is 9.42. The van der Waals surface area contributed by atoms with Crippen molar-refractivity contribution in [2.75, 3.05) is 0 Å². The van der Waals surface area contributed by atoms with E-state index in [-0.39, 0.29) is 6.10 Å². The molecule has 2 nitrogen and oxygen atoms in total. The van der Waals surface area contributed by atoms with Crippen molar-refractivity contribution in [1.29, 1.82) is 0 Å². The maximum Gasteiger partial charge on any atom is 0.105 e. The molecule has 1 aliphatic heterocycles. The summed E-state index contributed by atoms with van der Waals surface area (Å²) in [5.74, 6) is 0. The van der Waals surface area contributed by atoms with E-state index in [1.807, 2.05) is 26.0 Å². The maximum atomic E-state index is 9.80. The highest BCUT2D eigenvalue weighted by molar-refractivity contribution is 5.34. The molecule has 0 aromatic heterocycles. The van der Waals surface area contributed by atoms with Crippen LogP contribution in [0.5, 0.6) is 0 Å². The number of hydrogen-bond donors (Lipinski definition) is 1. The van der Waals surface area contributed by atoms with Crippen LogP contribution in [0.1, 0.15) is 29.7 Å². The molecule has 0 spiro atoms. The van der Waals surface area contributed by atoms with Crippen LogP contribution in [0.25, 0.3) is 0 Å². The fourth-order valence-corrected chi connectivity index (χ4v) is 1.71. The lowest BCUT2D eigenvalue weighted by Gasteiger charge is -2.27. The van der Waals surface area contributed by atoms with Crippen LogP contribution in [-0.2, 0) is 11.3 Å². The van der Waals surface area contributed by atoms with Crippen LogP contribution in [0.4, 0.5) is 0 Å². The number of fused-ring (bicyclic) bond motifs is 1. The van der Waals surface area contributed by atoms with Gasteiger partial charge in [0.05, 0.1) is 12.7 Å². The fraction of sp³-hybridized carbons (Fsp3) is 0.455. The van der Waals surface area contributed by atoms with Crippen LogP contribution in [0, 0.1) is 6.92 Å². The number of aliphatic hydroxyl groups is 1. The van der Waals surface area contributed by atoms with Gasteiger partial charge in [-0.05, 0) is 25.0 Å². The summed E-state index contributed by atoms with van der Waals surface area (Å²) in [5.41, 5.74) is 3.35. The molecule has 0 saturated heterocycles. The Bertz CT molecular complexity index is 320. The molecule has 0 saturated carbocycles. The van der Waals surface area contributed by atoms with Crippen LogP contribution in [0.3, 0.4) is 0 Å². The minimum absolute atomic E-state index is 0.0878. The Morgan fingerprint density at radius 2 is 2.23 bits per heavy atom. The van der Waals surface area contributed by atoms with Crippen molar-refractivity contribution in [1.82, 2.24) is 0 Å². The van der Waals surface area contributed by atoms with Crippen molar-refractivity contribution in [3.63, 3.8) is 0 Å². The zero-order valence-corrected chi connectivity index (χ0v) is 7.95. The molecule has 13 heavy (non-hydrogen) atoms. The van der Waals surface area contributed by atoms with Gasteiger partial charge in [-0.3, -0.25) is 0 Å². The third-order valence-electron chi connectivity index (χ3n) is 2.56. The maximum absolute atomic E-state index is 9.80. The van der Waals surface area contributed by atoms with E-state index >= 15 is 0 Å². The van der Waals surface area contributed by atoms with E-state index in [1.165, 1.54) is 5.56 Å². The third kappa shape index (κ3) is 1.47. The van der Waals surface area contributed by atoms with E-state index in [0.717, 1.165) is 11.1 Å². The van der Waals surface area contributed by atoms with E-state index in [1.54, 1.807) is 0 Å². The second-order valence-electron chi connectivity index (χ2n) is 3.66. The monoisotopic (exact) mass is 178 g/mol. The zero-order valence-electron chi connectivity index (χ0n) is 7.95. The predicted octanol–water partition coefficient (Wildman–Crippen LogP) is 1.95. The molecule has 70 valence electrons. The number of ether oxygens (including phenoxy) is 1. The van der Waals surface area contributed by atoms with Crippen LogP contribution in [0.2, 0.25) is 0 Å². The molecule has 1 aromatic rings. The van der Waals surface area contributed by atoms with Gasteiger partial charge in [0.1, 0.15) is 6.10 Å². The summed E-state index contributed by atoms with van der Waals surface area (Å²) in [4.78, 5) is 0. The Kier molecular flexibility index (Phi) is 2.10. The number of hydrogen-bond acceptors (Lipinski definition) is 2. The quantitative estimate of drug-likeness (QED) is 0.658. The Labute approximate surface area is 78.2 Å². The molecular weight excluding hydrogens is 164 g/mol. The highest BCUT2D eigenvalue weighted by atomic mass is 16.5. The van der Waals surface area contributed by atoms with Gasteiger partial charge in [-0.2, -0.15) is 0 Å². The molecule has 2 atom stereocenters. The van der Waals surface area contributed by atoms with E-state index in [2.05, 4.69) is 6.07 Å². The lowest BCUT2D eigenvalue weighted by molar-refractivity contribution is -0.0524. The van der Waals surface area contributed by atoms with E-state index in [0.29, 0.717) is 6.61 Å². The van der Waals surface area contributed by atoms with Crippen molar-refractivity contribution in [2.45, 2.75) is 32.7 Å². The molecular formula is C11H14O2. The summed E-state index contributed by atoms with van der Waals surface area (Å²) < 4.78 is 5.42. The fourth-order valence-electron chi connectivity index (χ4n) is 1.71. The van der Waals surface area contributed by atoms with Gasteiger partial charge in [-0.1, -0.05) is 23.8 Å². The second-order valence-corrected chi connectivity index (χ2v) is 3.66. The summed E-state index contributed by atoms with van der Waals surface area (Å²) in [6, 6.07) is 6.10. The highest BCUT2D eigenvalue weighted by Gasteiger charge is 2.24. The summed E-state index contributed by atoms with van der Waals surface area (Å²) in [6.45, 7) is 4.56. The van der Waals surface area contributed by atoms with Gasteiger partial charge in [0, 0.05) is 0 Å². The predicted molar refractivity (Wildman–Crippen MR) is 50.4 cm³/mol. The normalized spacial score (nSPS) is 27.0. The Morgan fingerprint density at radius 1 is 1.46 bits per heavy atom. The molecule has 1 N–H and O–H groups in total. The molecule has 2 heteroatoms. The Morgan fingerprint density at radius 3 is 3.00 bits per heavy atom. The van der Waals surface area contributed by atoms with E-state index in [4.69, 9.17) is 4.74 Å². The summed E-state index contributed by atoms with van der Waals surface area (Å²) in [5, 5.41) is 9.80. The molecule has 1 heterocycles. The lowest BCUT2D eigenvalue weighted by atomic mass is 9.95. The number of aliphatic hydroxyl groups excluding tert-OH is 1. The van der Waals surface area contributed by atoms with Crippen molar-refractivity contribution in [3.05, 3.63) is 34.9 Å². The average molecular weight is 178 g/mol.